The first-order valence-corrected chi connectivity index (χ1v) is 5.62. The molecule has 0 aromatic heterocycles. The third-order valence-electron chi connectivity index (χ3n) is 2.75. The maximum Gasteiger partial charge on any atom is 0.335 e. The Hall–Kier alpha value is -0.830. The van der Waals surface area contributed by atoms with Gasteiger partial charge in [-0.1, -0.05) is 25.3 Å². The molecule has 3 nitrogen and oxygen atoms in total. The van der Waals surface area contributed by atoms with E-state index >= 15 is 0 Å². The molecule has 0 aromatic carbocycles. The highest BCUT2D eigenvalue weighted by atomic mass is 16.6. The molecule has 0 aromatic rings. The molecule has 0 radical (unpaired) electrons. The van der Waals surface area contributed by atoms with Crippen LogP contribution in [0.15, 0.2) is 12.7 Å². The molecule has 3 heteroatoms. The number of esters is 1. The van der Waals surface area contributed by atoms with Gasteiger partial charge in [0.25, 0.3) is 0 Å². The molecule has 0 bridgehead atoms. The molecule has 0 amide bonds. The van der Waals surface area contributed by atoms with Crippen LogP contribution in [0.3, 0.4) is 0 Å². The molecule has 0 N–H and O–H groups in total. The molecular weight excluding hydrogens is 192 g/mol. The van der Waals surface area contributed by atoms with Gasteiger partial charge in [-0.15, -0.1) is 6.58 Å². The number of carbonyl (C=O) groups is 1. The van der Waals surface area contributed by atoms with Gasteiger partial charge in [-0.2, -0.15) is 0 Å². The van der Waals surface area contributed by atoms with Crippen molar-refractivity contribution in [3.8, 4) is 0 Å². The minimum absolute atomic E-state index is 0.225. The Labute approximate surface area is 91.4 Å². The van der Waals surface area contributed by atoms with Crippen LogP contribution in [0.25, 0.3) is 0 Å². The summed E-state index contributed by atoms with van der Waals surface area (Å²) in [5.74, 6) is -0.291. The van der Waals surface area contributed by atoms with Gasteiger partial charge >= 0.3 is 5.97 Å². The molecule has 15 heavy (non-hydrogen) atoms. The summed E-state index contributed by atoms with van der Waals surface area (Å²) in [6, 6.07) is 0. The zero-order chi connectivity index (χ0) is 11.1. The maximum atomic E-state index is 11.4. The van der Waals surface area contributed by atoms with Gasteiger partial charge in [-0.25, -0.2) is 4.79 Å². The molecule has 1 fully saturated rings. The standard InChI is InChI=1S/C12H20O3/c1-3-7-11(12(13)14-2)15-10-8-5-4-6-9-10/h3,10-11H,1,4-9H2,2H3. The molecule has 1 aliphatic carbocycles. The fraction of sp³-hybridized carbons (Fsp3) is 0.750. The van der Waals surface area contributed by atoms with Gasteiger partial charge in [-0.05, 0) is 12.8 Å². The summed E-state index contributed by atoms with van der Waals surface area (Å²) >= 11 is 0. The Morgan fingerprint density at radius 3 is 2.67 bits per heavy atom. The summed E-state index contributed by atoms with van der Waals surface area (Å²) in [5.41, 5.74) is 0. The number of methoxy groups -OCH3 is 1. The lowest BCUT2D eigenvalue weighted by Crippen LogP contribution is -2.31. The lowest BCUT2D eigenvalue weighted by Gasteiger charge is -2.25. The number of hydrogen-bond donors (Lipinski definition) is 0. The number of carbonyl (C=O) groups excluding carboxylic acids is 1. The van der Waals surface area contributed by atoms with Gasteiger partial charge in [0.05, 0.1) is 13.2 Å². The van der Waals surface area contributed by atoms with Crippen LogP contribution in [0.5, 0.6) is 0 Å². The highest BCUT2D eigenvalue weighted by Crippen LogP contribution is 2.22. The van der Waals surface area contributed by atoms with Crippen LogP contribution in [-0.2, 0) is 14.3 Å². The monoisotopic (exact) mass is 212 g/mol. The summed E-state index contributed by atoms with van der Waals surface area (Å²) in [6.07, 6.45) is 7.80. The second kappa shape index (κ2) is 6.62. The van der Waals surface area contributed by atoms with E-state index in [1.54, 1.807) is 6.08 Å². The van der Waals surface area contributed by atoms with Gasteiger partial charge in [0.2, 0.25) is 0 Å². The topological polar surface area (TPSA) is 35.5 Å². The van der Waals surface area contributed by atoms with Crippen LogP contribution in [0, 0.1) is 0 Å². The largest absolute Gasteiger partial charge is 0.467 e. The second-order valence-electron chi connectivity index (χ2n) is 3.93. The van der Waals surface area contributed by atoms with Gasteiger partial charge < -0.3 is 9.47 Å². The Balaban J connectivity index is 2.41. The van der Waals surface area contributed by atoms with Crippen molar-refractivity contribution in [1.82, 2.24) is 0 Å². The van der Waals surface area contributed by atoms with E-state index in [9.17, 15) is 4.79 Å². The highest BCUT2D eigenvalue weighted by Gasteiger charge is 2.24. The van der Waals surface area contributed by atoms with E-state index in [0.29, 0.717) is 6.42 Å². The summed E-state index contributed by atoms with van der Waals surface area (Å²) in [7, 11) is 1.39. The van der Waals surface area contributed by atoms with Gasteiger partial charge in [0.1, 0.15) is 0 Å². The fourth-order valence-corrected chi connectivity index (χ4v) is 1.92. The molecule has 1 atom stereocenters. The van der Waals surface area contributed by atoms with Crippen molar-refractivity contribution in [2.75, 3.05) is 7.11 Å². The summed E-state index contributed by atoms with van der Waals surface area (Å²) < 4.78 is 10.4. The van der Waals surface area contributed by atoms with Crippen LogP contribution in [-0.4, -0.2) is 25.3 Å². The van der Waals surface area contributed by atoms with Gasteiger partial charge in [0.15, 0.2) is 6.10 Å². The first-order chi connectivity index (χ1) is 7.27. The predicted molar refractivity (Wildman–Crippen MR) is 58.6 cm³/mol. The van der Waals surface area contributed by atoms with E-state index in [-0.39, 0.29) is 12.1 Å². The third-order valence-corrected chi connectivity index (χ3v) is 2.75. The average molecular weight is 212 g/mol. The van der Waals surface area contributed by atoms with E-state index in [2.05, 4.69) is 6.58 Å². The molecule has 1 saturated carbocycles. The first kappa shape index (κ1) is 12.2. The SMILES string of the molecule is C=CCC(OC1CCCCC1)C(=O)OC. The third kappa shape index (κ3) is 4.04. The van der Waals surface area contributed by atoms with Crippen molar-refractivity contribution < 1.29 is 14.3 Å². The molecule has 0 saturated heterocycles. The van der Waals surface area contributed by atoms with Crippen molar-refractivity contribution in [3.63, 3.8) is 0 Å². The molecule has 1 rings (SSSR count). The number of hydrogen-bond acceptors (Lipinski definition) is 3. The first-order valence-electron chi connectivity index (χ1n) is 5.62. The van der Waals surface area contributed by atoms with Crippen LogP contribution in [0.4, 0.5) is 0 Å². The molecule has 0 heterocycles. The smallest absolute Gasteiger partial charge is 0.335 e. The summed E-state index contributed by atoms with van der Waals surface area (Å²) in [4.78, 5) is 11.4. The van der Waals surface area contributed by atoms with Crippen LogP contribution in [0.1, 0.15) is 38.5 Å². The Morgan fingerprint density at radius 2 is 2.13 bits per heavy atom. The van der Waals surface area contributed by atoms with E-state index in [4.69, 9.17) is 9.47 Å². The zero-order valence-electron chi connectivity index (χ0n) is 9.41. The lowest BCUT2D eigenvalue weighted by atomic mass is 9.97. The minimum atomic E-state index is -0.462. The second-order valence-corrected chi connectivity index (χ2v) is 3.93. The van der Waals surface area contributed by atoms with Crippen molar-refractivity contribution >= 4 is 5.97 Å². The van der Waals surface area contributed by atoms with Crippen LogP contribution >= 0.6 is 0 Å². The van der Waals surface area contributed by atoms with Gasteiger partial charge in [0, 0.05) is 6.42 Å². The molecule has 1 unspecified atom stereocenters. The normalized spacial score (nSPS) is 19.5. The van der Waals surface area contributed by atoms with Crippen molar-refractivity contribution in [2.45, 2.75) is 50.7 Å². The quantitative estimate of drug-likeness (QED) is 0.518. The van der Waals surface area contributed by atoms with E-state index in [0.717, 1.165) is 12.8 Å². The Kier molecular flexibility index (Phi) is 5.40. The number of ether oxygens (including phenoxy) is 2. The maximum absolute atomic E-state index is 11.4. The van der Waals surface area contributed by atoms with Crippen molar-refractivity contribution in [3.05, 3.63) is 12.7 Å². The fourth-order valence-electron chi connectivity index (χ4n) is 1.92. The summed E-state index contributed by atoms with van der Waals surface area (Å²) in [5, 5.41) is 0. The highest BCUT2D eigenvalue weighted by molar-refractivity contribution is 5.74. The molecule has 0 aliphatic heterocycles. The van der Waals surface area contributed by atoms with Crippen LogP contribution in [0.2, 0.25) is 0 Å². The van der Waals surface area contributed by atoms with Crippen molar-refractivity contribution in [1.29, 1.82) is 0 Å². The average Bonchev–Trinajstić information content (AvgIpc) is 2.29. The predicted octanol–water partition coefficient (Wildman–Crippen LogP) is 2.45. The Morgan fingerprint density at radius 1 is 1.47 bits per heavy atom. The van der Waals surface area contributed by atoms with E-state index in [1.165, 1.54) is 26.4 Å². The van der Waals surface area contributed by atoms with E-state index < -0.39 is 6.10 Å². The Bertz CT molecular complexity index is 207. The van der Waals surface area contributed by atoms with Crippen LogP contribution < -0.4 is 0 Å². The van der Waals surface area contributed by atoms with Gasteiger partial charge in [-0.3, -0.25) is 0 Å². The molecule has 86 valence electrons. The molecular formula is C12H20O3. The van der Waals surface area contributed by atoms with E-state index in [1.807, 2.05) is 0 Å². The molecule has 0 spiro atoms. The lowest BCUT2D eigenvalue weighted by molar-refractivity contribution is -0.158. The zero-order valence-corrected chi connectivity index (χ0v) is 9.41. The molecule has 1 aliphatic rings. The minimum Gasteiger partial charge on any atom is -0.467 e. The number of rotatable bonds is 5. The summed E-state index contributed by atoms with van der Waals surface area (Å²) in [6.45, 7) is 3.62. The van der Waals surface area contributed by atoms with Crippen molar-refractivity contribution in [2.24, 2.45) is 0 Å².